The summed E-state index contributed by atoms with van der Waals surface area (Å²) in [5, 5.41) is 16.3. The van der Waals surface area contributed by atoms with Gasteiger partial charge in [0.25, 0.3) is 0 Å². The van der Waals surface area contributed by atoms with Crippen LogP contribution in [0.5, 0.6) is 0 Å². The summed E-state index contributed by atoms with van der Waals surface area (Å²) >= 11 is 0. The van der Waals surface area contributed by atoms with Crippen molar-refractivity contribution in [2.45, 2.75) is 0 Å². The zero-order valence-electron chi connectivity index (χ0n) is 7.37. The van der Waals surface area contributed by atoms with Crippen LogP contribution in [0.1, 0.15) is 11.1 Å². The predicted molar refractivity (Wildman–Crippen MR) is 49.9 cm³/mol. The number of hydrogen-bond acceptors (Lipinski definition) is 3. The number of nitriles is 1. The Labute approximate surface area is 77.1 Å². The van der Waals surface area contributed by atoms with Gasteiger partial charge in [0.05, 0.1) is 24.0 Å². The first-order valence-corrected chi connectivity index (χ1v) is 3.85. The molecular formula is C10H10N2O. The second-order valence-electron chi connectivity index (χ2n) is 2.57. The third kappa shape index (κ3) is 2.14. The summed E-state index contributed by atoms with van der Waals surface area (Å²) in [6.45, 7) is 0.235. The van der Waals surface area contributed by atoms with E-state index < -0.39 is 0 Å². The molecule has 1 rings (SSSR count). The molecule has 0 aliphatic carbocycles. The number of rotatable bonds is 3. The van der Waals surface area contributed by atoms with Gasteiger partial charge in [0.2, 0.25) is 0 Å². The summed E-state index contributed by atoms with van der Waals surface area (Å²) in [7, 11) is 1.53. The Bertz CT molecular complexity index is 352. The fourth-order valence-corrected chi connectivity index (χ4v) is 1.07. The molecule has 0 aliphatic rings. The van der Waals surface area contributed by atoms with Crippen molar-refractivity contribution in [3.05, 3.63) is 35.4 Å². The van der Waals surface area contributed by atoms with Crippen LogP contribution in [0.3, 0.4) is 0 Å². The lowest BCUT2D eigenvalue weighted by molar-refractivity contribution is 0.245. The Morgan fingerprint density at radius 3 is 2.85 bits per heavy atom. The summed E-state index contributed by atoms with van der Waals surface area (Å²) in [5.74, 6) is 0. The van der Waals surface area contributed by atoms with Crippen molar-refractivity contribution in [2.24, 2.45) is 0 Å². The van der Waals surface area contributed by atoms with Gasteiger partial charge in [-0.25, -0.2) is 0 Å². The van der Waals surface area contributed by atoms with Gasteiger partial charge >= 0.3 is 0 Å². The highest BCUT2D eigenvalue weighted by Crippen LogP contribution is 2.07. The maximum absolute atomic E-state index is 8.75. The van der Waals surface area contributed by atoms with E-state index in [-0.39, 0.29) is 6.61 Å². The first kappa shape index (κ1) is 9.43. The number of hydrogen-bond donors (Lipinski definition) is 1. The maximum Gasteiger partial charge on any atom is 0.0998 e. The molecule has 1 aromatic rings. The van der Waals surface area contributed by atoms with Crippen molar-refractivity contribution in [1.82, 2.24) is 0 Å². The Kier molecular flexibility index (Phi) is 3.18. The second kappa shape index (κ2) is 4.39. The molecule has 0 aliphatic heterocycles. The molecule has 0 radical (unpaired) electrons. The van der Waals surface area contributed by atoms with Gasteiger partial charge in [-0.1, -0.05) is 18.2 Å². The predicted octanol–water partition coefficient (Wildman–Crippen LogP) is 1.57. The van der Waals surface area contributed by atoms with Gasteiger partial charge in [0, 0.05) is 12.7 Å². The third-order valence-corrected chi connectivity index (χ3v) is 1.66. The van der Waals surface area contributed by atoms with Gasteiger partial charge < -0.3 is 10.1 Å². The summed E-state index contributed by atoms with van der Waals surface area (Å²) < 4.78 is 4.82. The van der Waals surface area contributed by atoms with E-state index in [1.54, 1.807) is 24.3 Å². The molecule has 0 heterocycles. The molecule has 3 heteroatoms. The van der Waals surface area contributed by atoms with E-state index in [9.17, 15) is 0 Å². The lowest BCUT2D eigenvalue weighted by Gasteiger charge is -2.03. The lowest BCUT2D eigenvalue weighted by atomic mass is 10.0. The first-order valence-electron chi connectivity index (χ1n) is 3.85. The van der Waals surface area contributed by atoms with Gasteiger partial charge in [-0.2, -0.15) is 5.26 Å². The maximum atomic E-state index is 8.75. The molecule has 0 unspecified atom stereocenters. The van der Waals surface area contributed by atoms with Gasteiger partial charge in [-0.05, 0) is 6.07 Å². The molecule has 1 N–H and O–H groups in total. The lowest BCUT2D eigenvalue weighted by Crippen LogP contribution is -2.08. The minimum Gasteiger partial charge on any atom is -0.378 e. The summed E-state index contributed by atoms with van der Waals surface area (Å²) in [4.78, 5) is 0. The number of methoxy groups -OCH3 is 1. The minimum atomic E-state index is 0.235. The standard InChI is InChI=1S/C10H10N2O/c1-13-7-10(12)9-5-3-2-4-8(9)6-11/h2-5,12H,7H2,1H3. The molecule has 0 atom stereocenters. The van der Waals surface area contributed by atoms with E-state index in [0.29, 0.717) is 16.8 Å². The van der Waals surface area contributed by atoms with Gasteiger partial charge in [-0.3, -0.25) is 0 Å². The highest BCUT2D eigenvalue weighted by Gasteiger charge is 2.05. The molecule has 0 spiro atoms. The smallest absolute Gasteiger partial charge is 0.0998 e. The van der Waals surface area contributed by atoms with Crippen LogP contribution in [0.2, 0.25) is 0 Å². The second-order valence-corrected chi connectivity index (χ2v) is 2.57. The van der Waals surface area contributed by atoms with Crippen LogP contribution in [-0.4, -0.2) is 19.4 Å². The SMILES string of the molecule is COCC(=N)c1ccccc1C#N. The minimum absolute atomic E-state index is 0.235. The van der Waals surface area contributed by atoms with Crippen molar-refractivity contribution in [2.75, 3.05) is 13.7 Å². The summed E-state index contributed by atoms with van der Waals surface area (Å²) in [6.07, 6.45) is 0. The molecule has 0 fully saturated rings. The molecule has 13 heavy (non-hydrogen) atoms. The van der Waals surface area contributed by atoms with E-state index in [2.05, 4.69) is 0 Å². The average molecular weight is 174 g/mol. The molecule has 0 aromatic heterocycles. The molecule has 0 amide bonds. The van der Waals surface area contributed by atoms with Crippen LogP contribution in [0.15, 0.2) is 24.3 Å². The van der Waals surface area contributed by atoms with Crippen LogP contribution in [0.25, 0.3) is 0 Å². The third-order valence-electron chi connectivity index (χ3n) is 1.66. The van der Waals surface area contributed by atoms with E-state index >= 15 is 0 Å². The fourth-order valence-electron chi connectivity index (χ4n) is 1.07. The van der Waals surface area contributed by atoms with E-state index in [0.717, 1.165) is 0 Å². The Hall–Kier alpha value is -1.66. The normalized spacial score (nSPS) is 9.23. The number of nitrogens with zero attached hydrogens (tertiary/aromatic N) is 1. The van der Waals surface area contributed by atoms with E-state index in [1.807, 2.05) is 6.07 Å². The van der Waals surface area contributed by atoms with Crippen LogP contribution >= 0.6 is 0 Å². The molecular weight excluding hydrogens is 164 g/mol. The van der Waals surface area contributed by atoms with Crippen molar-refractivity contribution in [3.8, 4) is 6.07 Å². The number of ether oxygens (including phenoxy) is 1. The van der Waals surface area contributed by atoms with Crippen molar-refractivity contribution >= 4 is 5.71 Å². The molecule has 0 saturated carbocycles. The van der Waals surface area contributed by atoms with E-state index in [4.69, 9.17) is 15.4 Å². The zero-order chi connectivity index (χ0) is 9.68. The van der Waals surface area contributed by atoms with Crippen LogP contribution in [-0.2, 0) is 4.74 Å². The molecule has 66 valence electrons. The highest BCUT2D eigenvalue weighted by atomic mass is 16.5. The zero-order valence-corrected chi connectivity index (χ0v) is 7.37. The summed E-state index contributed by atoms with van der Waals surface area (Å²) in [6, 6.07) is 9.07. The first-order chi connectivity index (χ1) is 6.29. The van der Waals surface area contributed by atoms with Crippen molar-refractivity contribution < 1.29 is 4.74 Å². The van der Waals surface area contributed by atoms with Gasteiger partial charge in [0.1, 0.15) is 0 Å². The Morgan fingerprint density at radius 2 is 2.23 bits per heavy atom. The molecule has 0 saturated heterocycles. The van der Waals surface area contributed by atoms with Gasteiger partial charge in [-0.15, -0.1) is 0 Å². The Morgan fingerprint density at radius 1 is 1.54 bits per heavy atom. The van der Waals surface area contributed by atoms with Crippen LogP contribution in [0.4, 0.5) is 0 Å². The molecule has 3 nitrogen and oxygen atoms in total. The van der Waals surface area contributed by atoms with Crippen molar-refractivity contribution in [1.29, 1.82) is 10.7 Å². The monoisotopic (exact) mass is 174 g/mol. The topological polar surface area (TPSA) is 56.9 Å². The van der Waals surface area contributed by atoms with E-state index in [1.165, 1.54) is 7.11 Å². The number of nitrogens with one attached hydrogen (secondary N) is 1. The van der Waals surface area contributed by atoms with Crippen LogP contribution in [0, 0.1) is 16.7 Å². The molecule has 0 bridgehead atoms. The van der Waals surface area contributed by atoms with Crippen LogP contribution < -0.4 is 0 Å². The highest BCUT2D eigenvalue weighted by molar-refractivity contribution is 6.01. The fraction of sp³-hybridized carbons (Fsp3) is 0.200. The summed E-state index contributed by atoms with van der Waals surface area (Å²) in [5.41, 5.74) is 1.50. The Balaban J connectivity index is 3.01. The molecule has 1 aromatic carbocycles. The average Bonchev–Trinajstić information content (AvgIpc) is 2.18. The quantitative estimate of drug-likeness (QED) is 0.707. The van der Waals surface area contributed by atoms with Gasteiger partial charge in [0.15, 0.2) is 0 Å². The largest absolute Gasteiger partial charge is 0.378 e. The number of benzene rings is 1. The van der Waals surface area contributed by atoms with Crippen molar-refractivity contribution in [3.63, 3.8) is 0 Å².